The molecule has 0 radical (unpaired) electrons. The molecule has 0 bridgehead atoms. The monoisotopic (exact) mass is 326 g/mol. The molecule has 4 nitrogen and oxygen atoms in total. The minimum absolute atomic E-state index is 0.0424. The molecule has 0 heterocycles. The third kappa shape index (κ3) is 6.24. The van der Waals surface area contributed by atoms with Gasteiger partial charge in [-0.1, -0.05) is 18.5 Å². The van der Waals surface area contributed by atoms with Gasteiger partial charge in [-0.05, 0) is 58.5 Å². The van der Waals surface area contributed by atoms with E-state index in [0.29, 0.717) is 18.2 Å². The van der Waals surface area contributed by atoms with Crippen LogP contribution in [0.5, 0.6) is 5.75 Å². The van der Waals surface area contributed by atoms with Gasteiger partial charge in [-0.25, -0.2) is 0 Å². The van der Waals surface area contributed by atoms with Crippen molar-refractivity contribution in [3.8, 4) is 5.75 Å². The van der Waals surface area contributed by atoms with Gasteiger partial charge in [0.1, 0.15) is 12.4 Å². The topological polar surface area (TPSA) is 41.6 Å². The molecule has 0 aliphatic heterocycles. The number of amides is 1. The van der Waals surface area contributed by atoms with Crippen LogP contribution in [0.1, 0.15) is 34.1 Å². The third-order valence-corrected chi connectivity index (χ3v) is 4.16. The lowest BCUT2D eigenvalue weighted by atomic mass is 10.0. The van der Waals surface area contributed by atoms with E-state index < -0.39 is 0 Å². The Morgan fingerprint density at radius 3 is 2.50 bits per heavy atom. The quantitative estimate of drug-likeness (QED) is 0.796. The second-order valence-electron chi connectivity index (χ2n) is 6.19. The van der Waals surface area contributed by atoms with Crippen molar-refractivity contribution < 1.29 is 9.53 Å². The summed E-state index contributed by atoms with van der Waals surface area (Å²) >= 11 is 5.83. The van der Waals surface area contributed by atoms with Crippen molar-refractivity contribution in [3.05, 3.63) is 29.3 Å². The summed E-state index contributed by atoms with van der Waals surface area (Å²) < 4.78 is 5.65. The van der Waals surface area contributed by atoms with Gasteiger partial charge in [-0.15, -0.1) is 0 Å². The Morgan fingerprint density at radius 2 is 1.95 bits per heavy atom. The van der Waals surface area contributed by atoms with Gasteiger partial charge >= 0.3 is 0 Å². The highest BCUT2D eigenvalue weighted by molar-refractivity contribution is 6.30. The number of nitrogens with one attached hydrogen (secondary N) is 1. The highest BCUT2D eigenvalue weighted by Crippen LogP contribution is 2.15. The van der Waals surface area contributed by atoms with E-state index >= 15 is 0 Å². The van der Waals surface area contributed by atoms with Crippen molar-refractivity contribution in [2.24, 2.45) is 0 Å². The molecule has 5 heteroatoms. The maximum absolute atomic E-state index is 12.2. The highest BCUT2D eigenvalue weighted by Gasteiger charge is 2.24. The van der Waals surface area contributed by atoms with Crippen molar-refractivity contribution >= 4 is 17.5 Å². The average molecular weight is 327 g/mol. The van der Waals surface area contributed by atoms with Gasteiger partial charge in [0.15, 0.2) is 0 Å². The van der Waals surface area contributed by atoms with Crippen molar-refractivity contribution in [1.29, 1.82) is 0 Å². The fourth-order valence-corrected chi connectivity index (χ4v) is 1.88. The summed E-state index contributed by atoms with van der Waals surface area (Å²) in [5.41, 5.74) is -0.175. The van der Waals surface area contributed by atoms with Crippen LogP contribution in [0.3, 0.4) is 0 Å². The maximum atomic E-state index is 12.2. The number of halogens is 1. The largest absolute Gasteiger partial charge is 0.492 e. The molecule has 1 aromatic rings. The molecule has 1 amide bonds. The van der Waals surface area contributed by atoms with Crippen molar-refractivity contribution in [1.82, 2.24) is 10.2 Å². The molecule has 0 aliphatic carbocycles. The number of ether oxygens (including phenoxy) is 1. The van der Waals surface area contributed by atoms with Crippen LogP contribution in [0.25, 0.3) is 0 Å². The van der Waals surface area contributed by atoms with Crippen molar-refractivity contribution in [3.63, 3.8) is 0 Å². The smallest absolute Gasteiger partial charge is 0.237 e. The predicted octanol–water partition coefficient (Wildman–Crippen LogP) is 3.34. The fourth-order valence-electron chi connectivity index (χ4n) is 1.76. The molecule has 0 fully saturated rings. The molecule has 1 atom stereocenters. The molecule has 22 heavy (non-hydrogen) atoms. The summed E-state index contributed by atoms with van der Waals surface area (Å²) in [6, 6.07) is 7.07. The van der Waals surface area contributed by atoms with Gasteiger partial charge in [0.25, 0.3) is 0 Å². The van der Waals surface area contributed by atoms with Gasteiger partial charge in [-0.2, -0.15) is 0 Å². The number of nitrogens with zero attached hydrogens (tertiary/aromatic N) is 1. The van der Waals surface area contributed by atoms with Crippen LogP contribution in [0.2, 0.25) is 5.02 Å². The molecule has 1 rings (SSSR count). The summed E-state index contributed by atoms with van der Waals surface area (Å²) in [5, 5.41) is 3.75. The normalized spacial score (nSPS) is 13.0. The Balaban J connectivity index is 2.39. The molecule has 1 unspecified atom stereocenters. The van der Waals surface area contributed by atoms with Crippen molar-refractivity contribution in [2.75, 3.05) is 20.2 Å². The second-order valence-corrected chi connectivity index (χ2v) is 6.62. The number of rotatable bonds is 8. The van der Waals surface area contributed by atoms with Gasteiger partial charge < -0.3 is 10.1 Å². The lowest BCUT2D eigenvalue weighted by Gasteiger charge is -2.30. The van der Waals surface area contributed by atoms with E-state index in [9.17, 15) is 4.79 Å². The van der Waals surface area contributed by atoms with E-state index in [4.69, 9.17) is 16.3 Å². The van der Waals surface area contributed by atoms with E-state index in [1.165, 1.54) is 0 Å². The Bertz CT molecular complexity index is 474. The Morgan fingerprint density at radius 1 is 1.36 bits per heavy atom. The van der Waals surface area contributed by atoms with Gasteiger partial charge in [0.2, 0.25) is 5.91 Å². The standard InChI is InChI=1S/C17H27ClN2O2/c1-6-17(3,4)19-16(21)13(2)20(5)11-12-22-15-9-7-14(18)8-10-15/h7-10,13H,6,11-12H2,1-5H3,(H,19,21). The summed E-state index contributed by atoms with van der Waals surface area (Å²) in [5.74, 6) is 0.822. The van der Waals surface area contributed by atoms with Crippen LogP contribution < -0.4 is 10.1 Å². The van der Waals surface area contributed by atoms with Crippen LogP contribution in [0.4, 0.5) is 0 Å². The molecule has 0 aromatic heterocycles. The summed E-state index contributed by atoms with van der Waals surface area (Å²) in [4.78, 5) is 14.2. The first-order chi connectivity index (χ1) is 10.2. The number of hydrogen-bond acceptors (Lipinski definition) is 3. The lowest BCUT2D eigenvalue weighted by Crippen LogP contribution is -2.51. The zero-order chi connectivity index (χ0) is 16.8. The number of hydrogen-bond donors (Lipinski definition) is 1. The Hall–Kier alpha value is -1.26. The molecular formula is C17H27ClN2O2. The zero-order valence-corrected chi connectivity index (χ0v) is 14.9. The summed E-state index contributed by atoms with van der Waals surface area (Å²) in [7, 11) is 1.93. The predicted molar refractivity (Wildman–Crippen MR) is 91.6 cm³/mol. The van der Waals surface area contributed by atoms with E-state index in [1.54, 1.807) is 12.1 Å². The van der Waals surface area contributed by atoms with Crippen molar-refractivity contribution in [2.45, 2.75) is 45.7 Å². The molecular weight excluding hydrogens is 300 g/mol. The van der Waals surface area contributed by atoms with Gasteiger partial charge in [0, 0.05) is 17.1 Å². The van der Waals surface area contributed by atoms with Crippen LogP contribution >= 0.6 is 11.6 Å². The molecule has 1 aromatic carbocycles. The zero-order valence-electron chi connectivity index (χ0n) is 14.1. The molecule has 0 aliphatic rings. The molecule has 0 spiro atoms. The average Bonchev–Trinajstić information content (AvgIpc) is 2.48. The first-order valence-corrected chi connectivity index (χ1v) is 8.03. The van der Waals surface area contributed by atoms with Crippen LogP contribution in [-0.2, 0) is 4.79 Å². The van der Waals surface area contributed by atoms with E-state index in [2.05, 4.69) is 12.2 Å². The van der Waals surface area contributed by atoms with E-state index in [1.807, 2.05) is 44.9 Å². The number of carbonyl (C=O) groups is 1. The number of benzene rings is 1. The number of likely N-dealkylation sites (N-methyl/N-ethyl adjacent to an activating group) is 1. The highest BCUT2D eigenvalue weighted by atomic mass is 35.5. The summed E-state index contributed by atoms with van der Waals surface area (Å²) in [6.45, 7) is 9.22. The van der Waals surface area contributed by atoms with Crippen LogP contribution in [0.15, 0.2) is 24.3 Å². The van der Waals surface area contributed by atoms with E-state index in [-0.39, 0.29) is 17.5 Å². The molecule has 0 saturated carbocycles. The van der Waals surface area contributed by atoms with E-state index in [0.717, 1.165) is 12.2 Å². The maximum Gasteiger partial charge on any atom is 0.237 e. The fraction of sp³-hybridized carbons (Fsp3) is 0.588. The Kier molecular flexibility index (Phi) is 7.17. The molecule has 124 valence electrons. The first kappa shape index (κ1) is 18.8. The second kappa shape index (κ2) is 8.39. The SMILES string of the molecule is CCC(C)(C)NC(=O)C(C)N(C)CCOc1ccc(Cl)cc1. The van der Waals surface area contributed by atoms with Crippen LogP contribution in [-0.4, -0.2) is 42.6 Å². The number of carbonyl (C=O) groups excluding carboxylic acids is 1. The van der Waals surface area contributed by atoms with Gasteiger partial charge in [-0.3, -0.25) is 9.69 Å². The van der Waals surface area contributed by atoms with Crippen LogP contribution in [0, 0.1) is 0 Å². The lowest BCUT2D eigenvalue weighted by molar-refractivity contribution is -0.127. The first-order valence-electron chi connectivity index (χ1n) is 7.66. The minimum Gasteiger partial charge on any atom is -0.492 e. The summed E-state index contributed by atoms with van der Waals surface area (Å²) in [6.07, 6.45) is 0.898. The molecule has 1 N–H and O–H groups in total. The minimum atomic E-state index is -0.195. The van der Waals surface area contributed by atoms with Gasteiger partial charge in [0.05, 0.1) is 6.04 Å². The Labute approximate surface area is 138 Å². The molecule has 0 saturated heterocycles. The third-order valence-electron chi connectivity index (χ3n) is 3.91.